The molecular weight excluding hydrogens is 243 g/mol. The van der Waals surface area contributed by atoms with Crippen molar-refractivity contribution in [1.82, 2.24) is 0 Å². The van der Waals surface area contributed by atoms with Crippen LogP contribution < -0.4 is 0 Å². The number of hydrogen-bond acceptors (Lipinski definition) is 2. The number of hydrogen-bond donors (Lipinski definition) is 1. The second kappa shape index (κ2) is 4.92. The van der Waals surface area contributed by atoms with E-state index in [-0.39, 0.29) is 6.10 Å². The molecule has 1 aliphatic carbocycles. The van der Waals surface area contributed by atoms with E-state index in [1.54, 1.807) is 7.11 Å². The highest BCUT2D eigenvalue weighted by Gasteiger charge is 2.42. The van der Waals surface area contributed by atoms with Gasteiger partial charge in [-0.15, -0.1) is 0 Å². The fourth-order valence-corrected chi connectivity index (χ4v) is 2.86. The molecule has 1 aromatic carbocycles. The Hall–Kier alpha value is -0.640. The molecule has 1 aromatic rings. The smallest absolute Gasteiger partial charge is 0.123 e. The van der Waals surface area contributed by atoms with Crippen LogP contribution in [-0.4, -0.2) is 18.3 Å². The minimum Gasteiger partial charge on any atom is -0.382 e. The summed E-state index contributed by atoms with van der Waals surface area (Å²) in [6.45, 7) is 0. The zero-order valence-electron chi connectivity index (χ0n) is 9.75. The Kier molecular flexibility index (Phi) is 3.71. The Morgan fingerprint density at radius 3 is 2.94 bits per heavy atom. The summed E-state index contributed by atoms with van der Waals surface area (Å²) in [5.41, 5.74) is -0.739. The van der Waals surface area contributed by atoms with Crippen LogP contribution in [0.2, 0.25) is 5.02 Å². The van der Waals surface area contributed by atoms with Crippen molar-refractivity contribution < 1.29 is 14.2 Å². The van der Waals surface area contributed by atoms with Gasteiger partial charge in [0, 0.05) is 17.7 Å². The monoisotopic (exact) mass is 258 g/mol. The molecule has 1 fully saturated rings. The molecule has 1 N–H and O–H groups in total. The number of benzene rings is 1. The zero-order valence-corrected chi connectivity index (χ0v) is 10.5. The van der Waals surface area contributed by atoms with Gasteiger partial charge in [0.05, 0.1) is 6.10 Å². The molecule has 1 aliphatic rings. The molecule has 0 spiro atoms. The average Bonchev–Trinajstić information content (AvgIpc) is 2.33. The highest BCUT2D eigenvalue weighted by atomic mass is 35.5. The van der Waals surface area contributed by atoms with Crippen molar-refractivity contribution in [2.24, 2.45) is 0 Å². The second-order valence-corrected chi connectivity index (χ2v) is 4.93. The van der Waals surface area contributed by atoms with Crippen LogP contribution in [0.15, 0.2) is 18.2 Å². The van der Waals surface area contributed by atoms with E-state index >= 15 is 0 Å². The van der Waals surface area contributed by atoms with E-state index in [9.17, 15) is 9.50 Å². The first-order valence-corrected chi connectivity index (χ1v) is 6.16. The van der Waals surface area contributed by atoms with Gasteiger partial charge < -0.3 is 9.84 Å². The van der Waals surface area contributed by atoms with Crippen LogP contribution in [0.25, 0.3) is 0 Å². The van der Waals surface area contributed by atoms with Crippen LogP contribution >= 0.6 is 11.6 Å². The minimum atomic E-state index is -1.17. The third-order valence-electron chi connectivity index (χ3n) is 3.49. The van der Waals surface area contributed by atoms with Gasteiger partial charge in [0.15, 0.2) is 0 Å². The van der Waals surface area contributed by atoms with Gasteiger partial charge in [-0.1, -0.05) is 24.4 Å². The fourth-order valence-electron chi connectivity index (χ4n) is 2.57. The van der Waals surface area contributed by atoms with Crippen LogP contribution in [0, 0.1) is 5.82 Å². The van der Waals surface area contributed by atoms with E-state index in [1.807, 2.05) is 0 Å². The lowest BCUT2D eigenvalue weighted by Gasteiger charge is -2.39. The third-order valence-corrected chi connectivity index (χ3v) is 3.82. The van der Waals surface area contributed by atoms with Gasteiger partial charge in [0.2, 0.25) is 0 Å². The van der Waals surface area contributed by atoms with Crippen molar-refractivity contribution in [3.63, 3.8) is 0 Å². The summed E-state index contributed by atoms with van der Waals surface area (Å²) in [5.74, 6) is -0.391. The molecule has 94 valence electrons. The molecule has 0 aliphatic heterocycles. The second-order valence-electron chi connectivity index (χ2n) is 4.52. The first-order chi connectivity index (χ1) is 8.08. The quantitative estimate of drug-likeness (QED) is 0.882. The Labute approximate surface area is 105 Å². The molecule has 0 aromatic heterocycles. The highest BCUT2D eigenvalue weighted by molar-refractivity contribution is 6.31. The van der Waals surface area contributed by atoms with Gasteiger partial charge in [-0.3, -0.25) is 0 Å². The lowest BCUT2D eigenvalue weighted by Crippen LogP contribution is -2.43. The third kappa shape index (κ3) is 2.32. The molecule has 1 saturated carbocycles. The van der Waals surface area contributed by atoms with E-state index in [4.69, 9.17) is 16.3 Å². The van der Waals surface area contributed by atoms with Gasteiger partial charge in [-0.25, -0.2) is 4.39 Å². The van der Waals surface area contributed by atoms with Gasteiger partial charge >= 0.3 is 0 Å². The molecule has 0 radical (unpaired) electrons. The number of ether oxygens (including phenoxy) is 1. The van der Waals surface area contributed by atoms with Crippen molar-refractivity contribution in [3.8, 4) is 0 Å². The maximum absolute atomic E-state index is 13.3. The average molecular weight is 259 g/mol. The van der Waals surface area contributed by atoms with Crippen LogP contribution in [0.3, 0.4) is 0 Å². The maximum atomic E-state index is 13.3. The lowest BCUT2D eigenvalue weighted by atomic mass is 9.77. The summed E-state index contributed by atoms with van der Waals surface area (Å²) in [6, 6.07) is 4.07. The van der Waals surface area contributed by atoms with Crippen molar-refractivity contribution in [2.75, 3.05) is 7.11 Å². The number of halogens is 2. The number of aliphatic hydroxyl groups is 1. The summed E-state index contributed by atoms with van der Waals surface area (Å²) in [7, 11) is 1.56. The lowest BCUT2D eigenvalue weighted by molar-refractivity contribution is -0.122. The van der Waals surface area contributed by atoms with E-state index in [2.05, 4.69) is 0 Å². The molecule has 0 saturated heterocycles. The molecule has 17 heavy (non-hydrogen) atoms. The van der Waals surface area contributed by atoms with Crippen LogP contribution in [0.1, 0.15) is 31.2 Å². The summed E-state index contributed by atoms with van der Waals surface area (Å²) < 4.78 is 18.6. The van der Waals surface area contributed by atoms with Crippen LogP contribution in [0.5, 0.6) is 0 Å². The van der Waals surface area contributed by atoms with E-state index in [1.165, 1.54) is 18.2 Å². The Morgan fingerprint density at radius 2 is 2.24 bits per heavy atom. The molecule has 0 amide bonds. The number of methoxy groups -OCH3 is 1. The zero-order chi connectivity index (χ0) is 12.5. The Balaban J connectivity index is 2.44. The summed E-state index contributed by atoms with van der Waals surface area (Å²) in [4.78, 5) is 0. The van der Waals surface area contributed by atoms with Crippen LogP contribution in [0.4, 0.5) is 4.39 Å². The summed E-state index contributed by atoms with van der Waals surface area (Å²) >= 11 is 6.06. The largest absolute Gasteiger partial charge is 0.382 e. The molecule has 0 heterocycles. The van der Waals surface area contributed by atoms with Crippen molar-refractivity contribution in [3.05, 3.63) is 34.6 Å². The van der Waals surface area contributed by atoms with E-state index in [0.717, 1.165) is 19.3 Å². The van der Waals surface area contributed by atoms with E-state index in [0.29, 0.717) is 17.0 Å². The van der Waals surface area contributed by atoms with Gasteiger partial charge in [0.25, 0.3) is 0 Å². The van der Waals surface area contributed by atoms with Gasteiger partial charge in [-0.05, 0) is 31.0 Å². The summed E-state index contributed by atoms with van der Waals surface area (Å²) in [6.07, 6.45) is 2.89. The van der Waals surface area contributed by atoms with Crippen molar-refractivity contribution >= 4 is 11.6 Å². The molecule has 2 unspecified atom stereocenters. The number of rotatable bonds is 2. The normalized spacial score (nSPS) is 29.3. The SMILES string of the molecule is COC1CCCCC1(O)c1cc(F)ccc1Cl. The fraction of sp³-hybridized carbons (Fsp3) is 0.538. The predicted octanol–water partition coefficient (Wildman–Crippen LogP) is 3.26. The maximum Gasteiger partial charge on any atom is 0.123 e. The van der Waals surface area contributed by atoms with Crippen molar-refractivity contribution in [2.45, 2.75) is 37.4 Å². The highest BCUT2D eigenvalue weighted by Crippen LogP contribution is 2.41. The standard InChI is InChI=1S/C13H16ClFO2/c1-17-12-4-2-3-7-13(12,16)10-8-9(15)5-6-11(10)14/h5-6,8,12,16H,2-4,7H2,1H3. The molecule has 0 bridgehead atoms. The molecule has 2 rings (SSSR count). The topological polar surface area (TPSA) is 29.5 Å². The Morgan fingerprint density at radius 1 is 1.47 bits per heavy atom. The van der Waals surface area contributed by atoms with E-state index < -0.39 is 11.4 Å². The summed E-state index contributed by atoms with van der Waals surface area (Å²) in [5, 5.41) is 11.1. The first kappa shape index (κ1) is 12.8. The van der Waals surface area contributed by atoms with Crippen LogP contribution in [-0.2, 0) is 10.3 Å². The van der Waals surface area contributed by atoms with Crippen molar-refractivity contribution in [1.29, 1.82) is 0 Å². The minimum absolute atomic E-state index is 0.324. The Bertz CT molecular complexity index is 410. The van der Waals surface area contributed by atoms with Gasteiger partial charge in [0.1, 0.15) is 11.4 Å². The molecule has 4 heteroatoms. The van der Waals surface area contributed by atoms with Gasteiger partial charge in [-0.2, -0.15) is 0 Å². The molecule has 2 nitrogen and oxygen atoms in total. The first-order valence-electron chi connectivity index (χ1n) is 5.78. The molecule has 2 atom stereocenters. The molecular formula is C13H16ClFO2. The predicted molar refractivity (Wildman–Crippen MR) is 64.6 cm³/mol.